The second-order valence-corrected chi connectivity index (χ2v) is 3.58. The fourth-order valence-corrected chi connectivity index (χ4v) is 1.67. The number of nitrogens with one attached hydrogen (secondary N) is 1. The molecule has 0 fully saturated rings. The third-order valence-electron chi connectivity index (χ3n) is 2.48. The van der Waals surface area contributed by atoms with Gasteiger partial charge in [-0.05, 0) is 12.1 Å². The van der Waals surface area contributed by atoms with E-state index in [1.54, 1.807) is 24.3 Å². The Morgan fingerprint density at radius 2 is 1.69 bits per heavy atom. The van der Waals surface area contributed by atoms with Gasteiger partial charge in [-0.3, -0.25) is 19.9 Å². The van der Waals surface area contributed by atoms with Crippen molar-refractivity contribution in [1.82, 2.24) is 4.90 Å². The average Bonchev–Trinajstić information content (AvgIpc) is 2.50. The topological polar surface area (TPSA) is 87.2 Å². The Bertz CT molecular complexity index is 447. The lowest BCUT2D eigenvalue weighted by Crippen LogP contribution is -2.32. The van der Waals surface area contributed by atoms with Crippen molar-refractivity contribution in [2.45, 2.75) is 6.42 Å². The van der Waals surface area contributed by atoms with E-state index in [1.807, 2.05) is 0 Å². The Hall–Kier alpha value is -2.17. The van der Waals surface area contributed by atoms with Crippen LogP contribution >= 0.6 is 0 Å². The van der Waals surface area contributed by atoms with Gasteiger partial charge >= 0.3 is 0 Å². The zero-order valence-electron chi connectivity index (χ0n) is 8.56. The lowest BCUT2D eigenvalue weighted by Gasteiger charge is -2.12. The van der Waals surface area contributed by atoms with Crippen molar-refractivity contribution in [1.29, 1.82) is 5.41 Å². The van der Waals surface area contributed by atoms with Gasteiger partial charge in [-0.2, -0.15) is 0 Å². The van der Waals surface area contributed by atoms with Crippen molar-refractivity contribution in [2.75, 3.05) is 6.54 Å². The number of fused-ring (bicyclic) bond motifs is 1. The van der Waals surface area contributed by atoms with Gasteiger partial charge in [0.25, 0.3) is 11.8 Å². The van der Waals surface area contributed by atoms with E-state index in [-0.39, 0.29) is 30.6 Å². The molecular formula is C11H11N3O2. The molecule has 5 heteroatoms. The summed E-state index contributed by atoms with van der Waals surface area (Å²) < 4.78 is 0. The lowest BCUT2D eigenvalue weighted by atomic mass is 10.1. The Labute approximate surface area is 92.4 Å². The van der Waals surface area contributed by atoms with Crippen LogP contribution in [0.4, 0.5) is 0 Å². The van der Waals surface area contributed by atoms with Gasteiger partial charge in [-0.25, -0.2) is 0 Å². The molecule has 3 N–H and O–H groups in total. The molecule has 0 unspecified atom stereocenters. The molecule has 0 radical (unpaired) electrons. The number of carbonyl (C=O) groups is 2. The summed E-state index contributed by atoms with van der Waals surface area (Å²) in [6.07, 6.45) is 0.214. The maximum atomic E-state index is 11.8. The van der Waals surface area contributed by atoms with Gasteiger partial charge in [0.15, 0.2) is 0 Å². The molecule has 0 aromatic heterocycles. The number of amidine groups is 1. The van der Waals surface area contributed by atoms with E-state index in [9.17, 15) is 9.59 Å². The molecule has 2 rings (SSSR count). The molecule has 2 amide bonds. The van der Waals surface area contributed by atoms with Gasteiger partial charge in [0.1, 0.15) is 0 Å². The lowest BCUT2D eigenvalue weighted by molar-refractivity contribution is 0.0658. The summed E-state index contributed by atoms with van der Waals surface area (Å²) in [5.74, 6) is -0.639. The van der Waals surface area contributed by atoms with E-state index < -0.39 is 0 Å². The predicted molar refractivity (Wildman–Crippen MR) is 58.3 cm³/mol. The van der Waals surface area contributed by atoms with E-state index in [2.05, 4.69) is 0 Å². The molecule has 82 valence electrons. The van der Waals surface area contributed by atoms with Crippen LogP contribution in [0.1, 0.15) is 27.1 Å². The highest BCUT2D eigenvalue weighted by Gasteiger charge is 2.34. The SMILES string of the molecule is N=C(N)CCN1C(=O)c2ccccc2C1=O. The molecule has 0 aliphatic carbocycles. The van der Waals surface area contributed by atoms with E-state index >= 15 is 0 Å². The van der Waals surface area contributed by atoms with Crippen LogP contribution in [-0.2, 0) is 0 Å². The highest BCUT2D eigenvalue weighted by molar-refractivity contribution is 6.21. The Morgan fingerprint density at radius 3 is 2.12 bits per heavy atom. The molecule has 5 nitrogen and oxygen atoms in total. The highest BCUT2D eigenvalue weighted by Crippen LogP contribution is 2.22. The Kier molecular flexibility index (Phi) is 2.44. The summed E-state index contributed by atoms with van der Waals surface area (Å²) in [7, 11) is 0. The average molecular weight is 217 g/mol. The van der Waals surface area contributed by atoms with Gasteiger partial charge in [0.2, 0.25) is 0 Å². The monoisotopic (exact) mass is 217 g/mol. The fraction of sp³-hybridized carbons (Fsp3) is 0.182. The number of amides is 2. The number of imide groups is 1. The van der Waals surface area contributed by atoms with Crippen LogP contribution < -0.4 is 5.73 Å². The Morgan fingerprint density at radius 1 is 1.19 bits per heavy atom. The Balaban J connectivity index is 2.25. The van der Waals surface area contributed by atoms with Crippen LogP contribution in [0.15, 0.2) is 24.3 Å². The van der Waals surface area contributed by atoms with Crippen molar-refractivity contribution in [3.8, 4) is 0 Å². The molecule has 1 aromatic carbocycles. The standard InChI is InChI=1S/C11H11N3O2/c12-9(13)5-6-14-10(15)7-3-1-2-4-8(7)11(14)16/h1-4H,5-6H2,(H3,12,13). The van der Waals surface area contributed by atoms with Gasteiger partial charge in [-0.15, -0.1) is 0 Å². The summed E-state index contributed by atoms with van der Waals surface area (Å²) >= 11 is 0. The molecule has 0 saturated carbocycles. The second kappa shape index (κ2) is 3.77. The minimum Gasteiger partial charge on any atom is -0.388 e. The number of carbonyl (C=O) groups excluding carboxylic acids is 2. The summed E-state index contributed by atoms with van der Waals surface area (Å²) in [6.45, 7) is 0.168. The number of hydrogen-bond donors (Lipinski definition) is 2. The van der Waals surface area contributed by atoms with Crippen molar-refractivity contribution >= 4 is 17.6 Å². The third-order valence-corrected chi connectivity index (χ3v) is 2.48. The second-order valence-electron chi connectivity index (χ2n) is 3.58. The van der Waals surface area contributed by atoms with E-state index in [0.29, 0.717) is 11.1 Å². The normalized spacial score (nSPS) is 14.1. The van der Waals surface area contributed by atoms with E-state index in [1.165, 1.54) is 0 Å². The molecule has 1 aromatic rings. The summed E-state index contributed by atoms with van der Waals surface area (Å²) in [6, 6.07) is 6.70. The van der Waals surface area contributed by atoms with E-state index in [4.69, 9.17) is 11.1 Å². The number of nitrogens with two attached hydrogens (primary N) is 1. The van der Waals surface area contributed by atoms with Crippen molar-refractivity contribution in [3.63, 3.8) is 0 Å². The van der Waals surface area contributed by atoms with Gasteiger partial charge in [0, 0.05) is 13.0 Å². The van der Waals surface area contributed by atoms with Crippen LogP contribution in [0.2, 0.25) is 0 Å². The maximum Gasteiger partial charge on any atom is 0.261 e. The van der Waals surface area contributed by atoms with Gasteiger partial charge in [0.05, 0.1) is 17.0 Å². The predicted octanol–water partition coefficient (Wildman–Crippen LogP) is 0.609. The zero-order chi connectivity index (χ0) is 11.7. The molecule has 1 heterocycles. The first kappa shape index (κ1) is 10.4. The van der Waals surface area contributed by atoms with Gasteiger partial charge in [-0.1, -0.05) is 12.1 Å². The summed E-state index contributed by atoms with van der Waals surface area (Å²) in [5, 5.41) is 7.08. The minimum absolute atomic E-state index is 0.0310. The molecule has 0 spiro atoms. The number of benzene rings is 1. The smallest absolute Gasteiger partial charge is 0.261 e. The first-order chi connectivity index (χ1) is 7.61. The summed E-state index contributed by atoms with van der Waals surface area (Å²) in [5.41, 5.74) is 6.05. The number of hydrogen-bond acceptors (Lipinski definition) is 3. The maximum absolute atomic E-state index is 11.8. The van der Waals surface area contributed by atoms with Crippen LogP contribution in [0.5, 0.6) is 0 Å². The minimum atomic E-state index is -0.304. The zero-order valence-corrected chi connectivity index (χ0v) is 8.56. The van der Waals surface area contributed by atoms with Crippen LogP contribution in [0, 0.1) is 5.41 Å². The number of nitrogens with zero attached hydrogens (tertiary/aromatic N) is 1. The highest BCUT2D eigenvalue weighted by atomic mass is 16.2. The molecule has 16 heavy (non-hydrogen) atoms. The molecule has 0 atom stereocenters. The van der Waals surface area contributed by atoms with Crippen LogP contribution in [-0.4, -0.2) is 29.1 Å². The third kappa shape index (κ3) is 1.56. The number of rotatable bonds is 3. The largest absolute Gasteiger partial charge is 0.388 e. The molecular weight excluding hydrogens is 206 g/mol. The van der Waals surface area contributed by atoms with Crippen molar-refractivity contribution in [2.24, 2.45) is 5.73 Å². The van der Waals surface area contributed by atoms with Crippen LogP contribution in [0.3, 0.4) is 0 Å². The van der Waals surface area contributed by atoms with Crippen molar-refractivity contribution < 1.29 is 9.59 Å². The summed E-state index contributed by atoms with van der Waals surface area (Å²) in [4.78, 5) is 24.8. The molecule has 1 aliphatic heterocycles. The molecule has 1 aliphatic rings. The quantitative estimate of drug-likeness (QED) is 0.441. The van der Waals surface area contributed by atoms with Crippen molar-refractivity contribution in [3.05, 3.63) is 35.4 Å². The van der Waals surface area contributed by atoms with Crippen LogP contribution in [0.25, 0.3) is 0 Å². The molecule has 0 saturated heterocycles. The first-order valence-corrected chi connectivity index (χ1v) is 4.89. The van der Waals surface area contributed by atoms with E-state index in [0.717, 1.165) is 4.90 Å². The first-order valence-electron chi connectivity index (χ1n) is 4.89. The molecule has 0 bridgehead atoms. The fourth-order valence-electron chi connectivity index (χ4n) is 1.67. The van der Waals surface area contributed by atoms with Gasteiger partial charge < -0.3 is 5.73 Å².